The summed E-state index contributed by atoms with van der Waals surface area (Å²) in [4.78, 5) is 4.78. The molecule has 1 unspecified atom stereocenters. The molecule has 2 rings (SSSR count). The summed E-state index contributed by atoms with van der Waals surface area (Å²) in [6.45, 7) is 0. The molecule has 2 heteroatoms. The van der Waals surface area contributed by atoms with E-state index in [1.165, 1.54) is 29.4 Å². The summed E-state index contributed by atoms with van der Waals surface area (Å²) in [5, 5.41) is 1.31. The van der Waals surface area contributed by atoms with Crippen LogP contribution in [0, 0.1) is 0 Å². The van der Waals surface area contributed by atoms with Gasteiger partial charge in [-0.25, -0.2) is 0 Å². The van der Waals surface area contributed by atoms with Crippen molar-refractivity contribution >= 4 is 20.7 Å². The fraction of sp³-hybridized carbons (Fsp3) is 0.417. The second kappa shape index (κ2) is 4.77. The van der Waals surface area contributed by atoms with Crippen LogP contribution in [-0.2, 0) is 0 Å². The zero-order chi connectivity index (χ0) is 9.80. The van der Waals surface area contributed by atoms with Crippen LogP contribution in [-0.4, -0.2) is 26.7 Å². The van der Waals surface area contributed by atoms with Gasteiger partial charge in [0.15, 0.2) is 0 Å². The van der Waals surface area contributed by atoms with Gasteiger partial charge in [0, 0.05) is 0 Å². The first-order chi connectivity index (χ1) is 6.90. The second-order valence-electron chi connectivity index (χ2n) is 3.59. The molecule has 0 saturated carbocycles. The van der Waals surface area contributed by atoms with E-state index in [9.17, 15) is 0 Å². The van der Waals surface area contributed by atoms with Crippen molar-refractivity contribution in [1.82, 2.24) is 0 Å². The first-order valence-electron chi connectivity index (χ1n) is 5.01. The van der Waals surface area contributed by atoms with Crippen molar-refractivity contribution in [1.29, 1.82) is 0 Å². The molecule has 0 bridgehead atoms. The number of aliphatic imine (C=N–C) groups is 1. The Hall–Kier alpha value is -0.591. The van der Waals surface area contributed by atoms with E-state index in [-0.39, 0.29) is 0 Å². The molecule has 1 atom stereocenters. The Bertz CT molecular complexity index is 318. The Morgan fingerprint density at radius 1 is 1.36 bits per heavy atom. The predicted octanol–water partition coefficient (Wildman–Crippen LogP) is 2.81. The van der Waals surface area contributed by atoms with Crippen molar-refractivity contribution in [3.63, 3.8) is 0 Å². The van der Waals surface area contributed by atoms with Gasteiger partial charge in [-0.3, -0.25) is 0 Å². The molecule has 0 amide bonds. The average Bonchev–Trinajstić information content (AvgIpc) is 2.68. The number of nitrogens with zero attached hydrogens (tertiary/aromatic N) is 1. The zero-order valence-corrected chi connectivity index (χ0v) is 10.2. The summed E-state index contributed by atoms with van der Waals surface area (Å²) < 4.78 is 0. The fourth-order valence-corrected chi connectivity index (χ4v) is 3.13. The number of rotatable bonds is 3. The van der Waals surface area contributed by atoms with Crippen molar-refractivity contribution < 1.29 is 0 Å². The molecular formula is C12H15NSe. The van der Waals surface area contributed by atoms with Crippen LogP contribution in [0.3, 0.4) is 0 Å². The van der Waals surface area contributed by atoms with E-state index < -0.39 is 0 Å². The molecule has 1 nitrogen and oxygen atoms in total. The van der Waals surface area contributed by atoms with Gasteiger partial charge in [0.2, 0.25) is 0 Å². The molecule has 0 saturated heterocycles. The molecule has 1 aromatic rings. The summed E-state index contributed by atoms with van der Waals surface area (Å²) in [7, 11) is 0. The first kappa shape index (κ1) is 9.95. The molecular weight excluding hydrogens is 237 g/mol. The summed E-state index contributed by atoms with van der Waals surface area (Å²) in [5.41, 5.74) is 2.64. The van der Waals surface area contributed by atoms with E-state index >= 15 is 0 Å². The van der Waals surface area contributed by atoms with Gasteiger partial charge in [-0.1, -0.05) is 0 Å². The molecule has 0 aliphatic carbocycles. The predicted molar refractivity (Wildman–Crippen MR) is 62.4 cm³/mol. The average molecular weight is 252 g/mol. The minimum absolute atomic E-state index is 0.621. The van der Waals surface area contributed by atoms with Crippen LogP contribution < -0.4 is 0 Å². The molecule has 1 aliphatic heterocycles. The van der Waals surface area contributed by atoms with Crippen molar-refractivity contribution in [2.45, 2.75) is 30.0 Å². The van der Waals surface area contributed by atoms with Gasteiger partial charge < -0.3 is 0 Å². The molecule has 0 aromatic heterocycles. The van der Waals surface area contributed by atoms with E-state index in [1.54, 1.807) is 0 Å². The molecule has 14 heavy (non-hydrogen) atoms. The van der Waals surface area contributed by atoms with Crippen LogP contribution in [0.15, 0.2) is 35.3 Å². The van der Waals surface area contributed by atoms with Crippen LogP contribution in [0.2, 0.25) is 11.1 Å². The molecule has 0 fully saturated rings. The van der Waals surface area contributed by atoms with E-state index in [1.807, 2.05) is 0 Å². The summed E-state index contributed by atoms with van der Waals surface area (Å²) in [6, 6.07) is 11.2. The van der Waals surface area contributed by atoms with Crippen molar-refractivity contribution in [2.24, 2.45) is 4.99 Å². The normalized spacial score (nSPS) is 20.9. The van der Waals surface area contributed by atoms with Gasteiger partial charge in [-0.05, 0) is 0 Å². The SMILES string of the molecule is C[Se]CC1CCC(c2ccccc2)=N1. The summed E-state index contributed by atoms with van der Waals surface area (Å²) in [6.07, 6.45) is 2.44. The molecule has 0 radical (unpaired) electrons. The van der Waals surface area contributed by atoms with Gasteiger partial charge in [0.05, 0.1) is 0 Å². The van der Waals surface area contributed by atoms with Gasteiger partial charge in [-0.15, -0.1) is 0 Å². The van der Waals surface area contributed by atoms with Crippen molar-refractivity contribution in [3.8, 4) is 0 Å². The topological polar surface area (TPSA) is 12.4 Å². The van der Waals surface area contributed by atoms with E-state index in [4.69, 9.17) is 4.99 Å². The van der Waals surface area contributed by atoms with Gasteiger partial charge in [0.25, 0.3) is 0 Å². The quantitative estimate of drug-likeness (QED) is 0.733. The summed E-state index contributed by atoms with van der Waals surface area (Å²) >= 11 is 0.764. The van der Waals surface area contributed by atoms with Crippen molar-refractivity contribution in [2.75, 3.05) is 0 Å². The molecule has 1 aromatic carbocycles. The maximum absolute atomic E-state index is 4.78. The number of hydrogen-bond donors (Lipinski definition) is 0. The van der Waals surface area contributed by atoms with Crippen molar-refractivity contribution in [3.05, 3.63) is 35.9 Å². The van der Waals surface area contributed by atoms with Gasteiger partial charge in [0.1, 0.15) is 0 Å². The first-order valence-corrected chi connectivity index (χ1v) is 7.93. The minimum atomic E-state index is 0.621. The van der Waals surface area contributed by atoms with Crippen LogP contribution in [0.5, 0.6) is 0 Å². The standard InChI is InChI=1S/C12H15NSe/c1-14-9-11-7-8-12(13-11)10-5-3-2-4-6-10/h2-6,11H,7-9H2,1H3. The van der Waals surface area contributed by atoms with Gasteiger partial charge >= 0.3 is 91.6 Å². The molecule has 1 heterocycles. The Morgan fingerprint density at radius 2 is 2.14 bits per heavy atom. The third-order valence-corrected chi connectivity index (χ3v) is 4.03. The maximum atomic E-state index is 4.78. The molecule has 0 N–H and O–H groups in total. The Kier molecular flexibility index (Phi) is 3.39. The van der Waals surface area contributed by atoms with E-state index in [0.29, 0.717) is 6.04 Å². The van der Waals surface area contributed by atoms with Crippen LogP contribution in [0.4, 0.5) is 0 Å². The molecule has 1 aliphatic rings. The van der Waals surface area contributed by atoms with E-state index in [0.717, 1.165) is 15.0 Å². The third kappa shape index (κ3) is 2.26. The summed E-state index contributed by atoms with van der Waals surface area (Å²) in [5.74, 6) is 2.29. The number of hydrogen-bond acceptors (Lipinski definition) is 1. The molecule has 74 valence electrons. The second-order valence-corrected chi connectivity index (χ2v) is 5.50. The van der Waals surface area contributed by atoms with Crippen LogP contribution in [0.25, 0.3) is 0 Å². The van der Waals surface area contributed by atoms with Crippen LogP contribution >= 0.6 is 0 Å². The zero-order valence-electron chi connectivity index (χ0n) is 8.44. The Morgan fingerprint density at radius 3 is 2.86 bits per heavy atom. The van der Waals surface area contributed by atoms with E-state index in [2.05, 4.69) is 36.2 Å². The Balaban J connectivity index is 2.10. The number of benzene rings is 1. The fourth-order valence-electron chi connectivity index (χ4n) is 1.82. The van der Waals surface area contributed by atoms with Crippen LogP contribution in [0.1, 0.15) is 18.4 Å². The Labute approximate surface area is 91.8 Å². The third-order valence-electron chi connectivity index (χ3n) is 2.52. The molecule has 0 spiro atoms. The van der Waals surface area contributed by atoms with Gasteiger partial charge in [-0.2, -0.15) is 0 Å². The monoisotopic (exact) mass is 253 g/mol.